The van der Waals surface area contributed by atoms with Crippen molar-refractivity contribution in [3.05, 3.63) is 99.6 Å². The molecule has 45 heavy (non-hydrogen) atoms. The van der Waals surface area contributed by atoms with Crippen LogP contribution in [0.3, 0.4) is 0 Å². The molecule has 1 N–H and O–H groups in total. The minimum absolute atomic E-state index is 0.0754. The highest BCUT2D eigenvalue weighted by Gasteiger charge is 2.35. The van der Waals surface area contributed by atoms with Crippen LogP contribution in [-0.2, 0) is 25.3 Å². The van der Waals surface area contributed by atoms with Gasteiger partial charge in [0.1, 0.15) is 16.8 Å². The maximum atomic E-state index is 14.1. The summed E-state index contributed by atoms with van der Waals surface area (Å²) < 4.78 is 50.4. The Morgan fingerprint density at radius 1 is 1.07 bits per heavy atom. The van der Waals surface area contributed by atoms with Crippen LogP contribution in [-0.4, -0.2) is 54.2 Å². The van der Waals surface area contributed by atoms with E-state index in [1.807, 2.05) is 25.1 Å². The number of nitrogens with one attached hydrogen (secondary N) is 1. The monoisotopic (exact) mass is 619 g/mol. The van der Waals surface area contributed by atoms with Crippen molar-refractivity contribution in [2.45, 2.75) is 32.1 Å². The van der Waals surface area contributed by atoms with Gasteiger partial charge in [-0.1, -0.05) is 6.07 Å². The molecule has 0 aliphatic heterocycles. The maximum Gasteiger partial charge on any atom is 0.416 e. The van der Waals surface area contributed by atoms with Gasteiger partial charge in [-0.05, 0) is 76.5 Å². The number of hydrogen-bond donors (Lipinski definition) is 1. The van der Waals surface area contributed by atoms with Crippen molar-refractivity contribution in [3.63, 3.8) is 0 Å². The molecule has 232 valence electrons. The average molecular weight is 620 g/mol. The molecule has 0 aliphatic carbocycles. The summed E-state index contributed by atoms with van der Waals surface area (Å²) in [4.78, 5) is 29.9. The summed E-state index contributed by atoms with van der Waals surface area (Å²) in [6.45, 7) is 3.60. The lowest BCUT2D eigenvalue weighted by atomic mass is 10.0. The predicted molar refractivity (Wildman–Crippen MR) is 155 cm³/mol. The van der Waals surface area contributed by atoms with Gasteiger partial charge in [-0.3, -0.25) is 14.3 Å². The summed E-state index contributed by atoms with van der Waals surface area (Å²) in [6.07, 6.45) is -3.21. The van der Waals surface area contributed by atoms with E-state index in [4.69, 9.17) is 4.42 Å². The Morgan fingerprint density at radius 3 is 2.42 bits per heavy atom. The Bertz CT molecular complexity index is 1970. The van der Waals surface area contributed by atoms with E-state index < -0.39 is 28.7 Å². The van der Waals surface area contributed by atoms with E-state index in [2.05, 4.69) is 20.6 Å². The second-order valence-corrected chi connectivity index (χ2v) is 11.0. The number of alkyl halides is 3. The summed E-state index contributed by atoms with van der Waals surface area (Å²) in [6, 6.07) is 14.3. The van der Waals surface area contributed by atoms with Gasteiger partial charge in [0.2, 0.25) is 11.8 Å². The molecule has 0 bridgehead atoms. The fourth-order valence-electron chi connectivity index (χ4n) is 4.81. The summed E-state index contributed by atoms with van der Waals surface area (Å²) in [7, 11) is 5.11. The maximum absolute atomic E-state index is 14.1. The number of carbonyl (C=O) groups is 1. The van der Waals surface area contributed by atoms with Crippen molar-refractivity contribution in [3.8, 4) is 28.8 Å². The van der Waals surface area contributed by atoms with E-state index in [1.54, 1.807) is 44.2 Å². The van der Waals surface area contributed by atoms with Crippen LogP contribution in [0.4, 0.5) is 13.2 Å². The fourth-order valence-corrected chi connectivity index (χ4v) is 4.81. The van der Waals surface area contributed by atoms with E-state index in [0.717, 1.165) is 16.8 Å². The molecule has 3 aromatic heterocycles. The molecule has 15 heteroatoms. The Kier molecular flexibility index (Phi) is 7.94. The molecule has 0 spiro atoms. The molecule has 0 saturated heterocycles. The van der Waals surface area contributed by atoms with Crippen LogP contribution >= 0.6 is 0 Å². The van der Waals surface area contributed by atoms with Gasteiger partial charge in [0.15, 0.2) is 0 Å². The van der Waals surface area contributed by atoms with E-state index in [-0.39, 0.29) is 22.8 Å². The first-order valence-corrected chi connectivity index (χ1v) is 13.6. The number of halogens is 3. The van der Waals surface area contributed by atoms with Gasteiger partial charge < -0.3 is 14.6 Å². The first-order chi connectivity index (χ1) is 21.2. The van der Waals surface area contributed by atoms with Crippen LogP contribution in [0.1, 0.15) is 47.1 Å². The number of aromatic nitrogens is 6. The van der Waals surface area contributed by atoms with E-state index in [0.29, 0.717) is 29.4 Å². The van der Waals surface area contributed by atoms with Crippen LogP contribution in [0.15, 0.2) is 70.0 Å². The van der Waals surface area contributed by atoms with Gasteiger partial charge in [0.25, 0.3) is 11.5 Å². The predicted octanol–water partition coefficient (Wildman–Crippen LogP) is 4.03. The van der Waals surface area contributed by atoms with Crippen molar-refractivity contribution in [2.24, 2.45) is 7.05 Å². The highest BCUT2D eigenvalue weighted by Crippen LogP contribution is 2.32. The van der Waals surface area contributed by atoms with Gasteiger partial charge in [-0.15, -0.1) is 10.2 Å². The van der Waals surface area contributed by atoms with Gasteiger partial charge in [0, 0.05) is 7.05 Å². The Balaban J connectivity index is 1.67. The zero-order chi connectivity index (χ0) is 32.7. The molecule has 1 amide bonds. The standard InChI is InChI=1S/C30H28F3N9O3/c1-29(2,28-38-37-23(45-28)17-39(3)4)36-26(43)24-25(22-13-14-35-41(22)20-11-9-18(16-34)10-12-20)40(5)42(27(24)44)21-8-6-7-19(15-21)30(31,32)33/h6-15H,17H2,1-5H3,(H,36,43). The van der Waals surface area contributed by atoms with Crippen LogP contribution in [0, 0.1) is 11.3 Å². The molecule has 0 saturated carbocycles. The highest BCUT2D eigenvalue weighted by atomic mass is 19.4. The minimum atomic E-state index is -4.67. The van der Waals surface area contributed by atoms with Crippen LogP contribution < -0.4 is 10.9 Å². The zero-order valence-corrected chi connectivity index (χ0v) is 24.9. The third-order valence-corrected chi connectivity index (χ3v) is 6.92. The number of benzene rings is 2. The van der Waals surface area contributed by atoms with Crippen molar-refractivity contribution in [1.29, 1.82) is 5.26 Å². The number of amides is 1. The molecule has 0 fully saturated rings. The molecular formula is C30H28F3N9O3. The quantitative estimate of drug-likeness (QED) is 0.275. The van der Waals surface area contributed by atoms with Gasteiger partial charge in [0.05, 0.1) is 47.0 Å². The normalized spacial score (nSPS) is 12.0. The number of carbonyl (C=O) groups excluding carboxylic acids is 1. The van der Waals surface area contributed by atoms with Gasteiger partial charge in [-0.25, -0.2) is 9.36 Å². The summed E-state index contributed by atoms with van der Waals surface area (Å²) in [5.74, 6) is -0.428. The van der Waals surface area contributed by atoms with Gasteiger partial charge in [-0.2, -0.15) is 23.5 Å². The van der Waals surface area contributed by atoms with Crippen LogP contribution in [0.5, 0.6) is 0 Å². The SMILES string of the molecule is CN(C)Cc1nnc(C(C)(C)NC(=O)c2c(-c3ccnn3-c3ccc(C#N)cc3)n(C)n(-c3cccc(C(F)(F)F)c3)c2=O)o1. The molecule has 0 unspecified atom stereocenters. The molecular weight excluding hydrogens is 591 g/mol. The molecule has 5 aromatic rings. The van der Waals surface area contributed by atoms with E-state index >= 15 is 0 Å². The van der Waals surface area contributed by atoms with Crippen molar-refractivity contribution < 1.29 is 22.4 Å². The van der Waals surface area contributed by atoms with Gasteiger partial charge >= 0.3 is 6.18 Å². The van der Waals surface area contributed by atoms with Crippen molar-refractivity contribution in [1.82, 2.24) is 39.6 Å². The third kappa shape index (κ3) is 6.00. The van der Waals surface area contributed by atoms with Crippen molar-refractivity contribution in [2.75, 3.05) is 14.1 Å². The molecule has 3 heterocycles. The van der Waals surface area contributed by atoms with E-state index in [1.165, 1.54) is 34.7 Å². The first-order valence-electron chi connectivity index (χ1n) is 13.6. The van der Waals surface area contributed by atoms with Crippen molar-refractivity contribution >= 4 is 5.91 Å². The molecule has 0 aliphatic rings. The second-order valence-electron chi connectivity index (χ2n) is 11.0. The highest BCUT2D eigenvalue weighted by molar-refractivity contribution is 6.00. The Morgan fingerprint density at radius 2 is 1.78 bits per heavy atom. The lowest BCUT2D eigenvalue weighted by Gasteiger charge is -2.22. The lowest BCUT2D eigenvalue weighted by molar-refractivity contribution is -0.137. The van der Waals surface area contributed by atoms with E-state index in [9.17, 15) is 28.0 Å². The average Bonchev–Trinajstić information content (AvgIpc) is 3.70. The zero-order valence-electron chi connectivity index (χ0n) is 24.9. The summed E-state index contributed by atoms with van der Waals surface area (Å²) in [5, 5.41) is 24.4. The number of nitriles is 1. The third-order valence-electron chi connectivity index (χ3n) is 6.92. The smallest absolute Gasteiger partial charge is 0.416 e. The molecule has 12 nitrogen and oxygen atoms in total. The topological polar surface area (TPSA) is 140 Å². The number of rotatable bonds is 8. The summed E-state index contributed by atoms with van der Waals surface area (Å²) in [5.41, 5.74) is -2.25. The molecule has 5 rings (SSSR count). The molecule has 0 radical (unpaired) electrons. The second kappa shape index (κ2) is 11.5. The Labute approximate surface area is 254 Å². The first kappa shape index (κ1) is 31.0. The minimum Gasteiger partial charge on any atom is -0.421 e. The Hall–Kier alpha value is -5.49. The number of hydrogen-bond acceptors (Lipinski definition) is 8. The fraction of sp³-hybridized carbons (Fsp3) is 0.267. The summed E-state index contributed by atoms with van der Waals surface area (Å²) >= 11 is 0. The van der Waals surface area contributed by atoms with Crippen LogP contribution in [0.25, 0.3) is 22.8 Å². The number of nitrogens with zero attached hydrogens (tertiary/aromatic N) is 8. The molecule has 2 aromatic carbocycles. The van der Waals surface area contributed by atoms with Crippen LogP contribution in [0.2, 0.25) is 0 Å². The lowest BCUT2D eigenvalue weighted by Crippen LogP contribution is -2.43. The largest absolute Gasteiger partial charge is 0.421 e. The molecule has 0 atom stereocenters.